The molecular weight excluding hydrogens is 178 g/mol. The number of rotatable bonds is 1. The summed E-state index contributed by atoms with van der Waals surface area (Å²) in [5, 5.41) is 18.8. The van der Waals surface area contributed by atoms with Crippen LogP contribution < -0.4 is 0 Å². The summed E-state index contributed by atoms with van der Waals surface area (Å²) >= 11 is 5.97. The topological polar surface area (TPSA) is 43.7 Å². The molecule has 2 aliphatic heterocycles. The maximum absolute atomic E-state index is 10.0. The van der Waals surface area contributed by atoms with E-state index in [9.17, 15) is 5.11 Å². The van der Waals surface area contributed by atoms with Crippen LogP contribution in [0.5, 0.6) is 0 Å². The third-order valence-electron chi connectivity index (χ3n) is 3.13. The van der Waals surface area contributed by atoms with E-state index in [-0.39, 0.29) is 18.0 Å². The molecule has 0 amide bonds. The summed E-state index contributed by atoms with van der Waals surface area (Å²) in [6, 6.07) is 0.0880. The van der Waals surface area contributed by atoms with Gasteiger partial charge in [-0.25, -0.2) is 0 Å². The van der Waals surface area contributed by atoms with Crippen molar-refractivity contribution in [3.8, 4) is 0 Å². The van der Waals surface area contributed by atoms with Gasteiger partial charge in [-0.3, -0.25) is 4.90 Å². The smallest absolute Gasteiger partial charge is 0.121 e. The Labute approximate surface area is 76.9 Å². The molecule has 2 N–H and O–H groups in total. The van der Waals surface area contributed by atoms with Crippen molar-refractivity contribution in [3.05, 3.63) is 0 Å². The summed E-state index contributed by atoms with van der Waals surface area (Å²) in [6.07, 6.45) is 2.07. The molecule has 2 saturated heterocycles. The Bertz CT molecular complexity index is 190. The number of halogens is 1. The van der Waals surface area contributed by atoms with Crippen LogP contribution in [0.15, 0.2) is 0 Å². The molecule has 3 atom stereocenters. The molecule has 0 radical (unpaired) electrons. The van der Waals surface area contributed by atoms with Crippen molar-refractivity contribution in [1.29, 1.82) is 0 Å². The molecule has 0 saturated carbocycles. The molecule has 0 aromatic carbocycles. The fourth-order valence-corrected chi connectivity index (χ4v) is 2.78. The molecule has 12 heavy (non-hydrogen) atoms. The van der Waals surface area contributed by atoms with Crippen molar-refractivity contribution >= 4 is 11.6 Å². The third kappa shape index (κ3) is 1.01. The lowest BCUT2D eigenvalue weighted by atomic mass is 9.93. The second-order valence-electron chi connectivity index (χ2n) is 3.77. The second-order valence-corrected chi connectivity index (χ2v) is 4.30. The van der Waals surface area contributed by atoms with E-state index in [1.807, 2.05) is 0 Å². The Hall–Kier alpha value is 0.170. The highest BCUT2D eigenvalue weighted by Gasteiger charge is 2.53. The fraction of sp³-hybridized carbons (Fsp3) is 1.00. The number of nitrogens with zero attached hydrogens (tertiary/aromatic N) is 1. The van der Waals surface area contributed by atoms with Gasteiger partial charge in [0, 0.05) is 12.6 Å². The van der Waals surface area contributed by atoms with E-state index in [1.165, 1.54) is 0 Å². The minimum Gasteiger partial charge on any atom is -0.393 e. The van der Waals surface area contributed by atoms with Crippen LogP contribution in [0, 0.1) is 0 Å². The summed E-state index contributed by atoms with van der Waals surface area (Å²) in [4.78, 5) is 2.17. The normalized spacial score (nSPS) is 48.2. The highest BCUT2D eigenvalue weighted by atomic mass is 35.5. The van der Waals surface area contributed by atoms with Gasteiger partial charge in [0.15, 0.2) is 0 Å². The molecule has 2 heterocycles. The monoisotopic (exact) mass is 191 g/mol. The van der Waals surface area contributed by atoms with Crippen LogP contribution in [0.1, 0.15) is 12.8 Å². The van der Waals surface area contributed by atoms with Gasteiger partial charge in [-0.05, 0) is 19.4 Å². The maximum atomic E-state index is 10.0. The summed E-state index contributed by atoms with van der Waals surface area (Å²) in [6.45, 7) is 1.50. The van der Waals surface area contributed by atoms with E-state index in [2.05, 4.69) is 4.90 Å². The number of aliphatic hydroxyl groups excluding tert-OH is 1. The van der Waals surface area contributed by atoms with Crippen molar-refractivity contribution in [3.63, 3.8) is 0 Å². The van der Waals surface area contributed by atoms with Crippen molar-refractivity contribution in [1.82, 2.24) is 4.90 Å². The number of hydrogen-bond donors (Lipinski definition) is 2. The standard InChI is InChI=1S/C8H14ClNO2/c9-6-4-10-3-1-2-7(10)8(6,12)5-11/h6-7,11-12H,1-5H2. The maximum Gasteiger partial charge on any atom is 0.121 e. The lowest BCUT2D eigenvalue weighted by molar-refractivity contribution is -0.0313. The molecule has 0 aliphatic carbocycles. The van der Waals surface area contributed by atoms with E-state index >= 15 is 0 Å². The zero-order chi connectivity index (χ0) is 8.77. The van der Waals surface area contributed by atoms with E-state index in [0.717, 1.165) is 19.4 Å². The molecule has 0 aromatic rings. The largest absolute Gasteiger partial charge is 0.393 e. The van der Waals surface area contributed by atoms with Gasteiger partial charge in [0.2, 0.25) is 0 Å². The first-order chi connectivity index (χ1) is 5.68. The molecular formula is C8H14ClNO2. The van der Waals surface area contributed by atoms with Crippen molar-refractivity contribution in [2.24, 2.45) is 0 Å². The van der Waals surface area contributed by atoms with Crippen molar-refractivity contribution in [2.45, 2.75) is 29.9 Å². The average molecular weight is 192 g/mol. The summed E-state index contributed by atoms with van der Waals surface area (Å²) in [7, 11) is 0. The van der Waals surface area contributed by atoms with E-state index in [4.69, 9.17) is 16.7 Å². The van der Waals surface area contributed by atoms with Crippen LogP contribution in [-0.4, -0.2) is 51.8 Å². The summed E-state index contributed by atoms with van der Waals surface area (Å²) < 4.78 is 0. The Balaban J connectivity index is 2.21. The van der Waals surface area contributed by atoms with Crippen LogP contribution in [0.2, 0.25) is 0 Å². The average Bonchev–Trinajstić information content (AvgIpc) is 2.57. The van der Waals surface area contributed by atoms with Gasteiger partial charge in [0.25, 0.3) is 0 Å². The quantitative estimate of drug-likeness (QED) is 0.564. The zero-order valence-corrected chi connectivity index (χ0v) is 7.67. The third-order valence-corrected chi connectivity index (χ3v) is 3.65. The molecule has 0 bridgehead atoms. The number of hydrogen-bond acceptors (Lipinski definition) is 3. The van der Waals surface area contributed by atoms with Crippen LogP contribution in [0.3, 0.4) is 0 Å². The van der Waals surface area contributed by atoms with Crippen LogP contribution >= 0.6 is 11.6 Å². The SMILES string of the molecule is OCC1(O)C(Cl)CN2CCCC21. The first-order valence-corrected chi connectivity index (χ1v) is 4.83. The van der Waals surface area contributed by atoms with Gasteiger partial charge >= 0.3 is 0 Å². The molecule has 0 spiro atoms. The lowest BCUT2D eigenvalue weighted by Gasteiger charge is -2.29. The van der Waals surface area contributed by atoms with Crippen molar-refractivity contribution < 1.29 is 10.2 Å². The number of alkyl halides is 1. The molecule has 70 valence electrons. The lowest BCUT2D eigenvalue weighted by Crippen LogP contribution is -2.48. The van der Waals surface area contributed by atoms with Gasteiger partial charge < -0.3 is 10.2 Å². The van der Waals surface area contributed by atoms with Gasteiger partial charge in [-0.1, -0.05) is 0 Å². The molecule has 0 aromatic heterocycles. The molecule has 3 nitrogen and oxygen atoms in total. The van der Waals surface area contributed by atoms with Gasteiger partial charge in [0.05, 0.1) is 12.0 Å². The second kappa shape index (κ2) is 2.84. The highest BCUT2D eigenvalue weighted by molar-refractivity contribution is 6.21. The minimum absolute atomic E-state index is 0.0880. The number of fused-ring (bicyclic) bond motifs is 1. The minimum atomic E-state index is -1.06. The molecule has 4 heteroatoms. The Morgan fingerprint density at radius 2 is 2.33 bits per heavy atom. The Kier molecular flexibility index (Phi) is 2.07. The molecule has 2 rings (SSSR count). The summed E-state index contributed by atoms with van der Waals surface area (Å²) in [5.41, 5.74) is -1.06. The van der Waals surface area contributed by atoms with Crippen molar-refractivity contribution in [2.75, 3.05) is 19.7 Å². The zero-order valence-electron chi connectivity index (χ0n) is 6.91. The van der Waals surface area contributed by atoms with Gasteiger partial charge in [0.1, 0.15) is 5.60 Å². The first kappa shape index (κ1) is 8.75. The van der Waals surface area contributed by atoms with Crippen LogP contribution in [0.25, 0.3) is 0 Å². The van der Waals surface area contributed by atoms with Crippen LogP contribution in [0.4, 0.5) is 0 Å². The van der Waals surface area contributed by atoms with E-state index in [0.29, 0.717) is 6.54 Å². The highest BCUT2D eigenvalue weighted by Crippen LogP contribution is 2.38. The Morgan fingerprint density at radius 1 is 1.58 bits per heavy atom. The fourth-order valence-electron chi connectivity index (χ4n) is 2.39. The summed E-state index contributed by atoms with van der Waals surface area (Å²) in [5.74, 6) is 0. The number of aliphatic hydroxyl groups is 2. The molecule has 2 fully saturated rings. The molecule has 2 aliphatic rings. The predicted molar refractivity (Wildman–Crippen MR) is 46.3 cm³/mol. The Morgan fingerprint density at radius 3 is 3.00 bits per heavy atom. The van der Waals surface area contributed by atoms with Gasteiger partial charge in [-0.15, -0.1) is 11.6 Å². The first-order valence-electron chi connectivity index (χ1n) is 4.40. The van der Waals surface area contributed by atoms with Crippen LogP contribution in [-0.2, 0) is 0 Å². The molecule has 3 unspecified atom stereocenters. The predicted octanol–water partition coefficient (Wildman–Crippen LogP) is -0.205. The van der Waals surface area contributed by atoms with E-state index < -0.39 is 5.60 Å². The van der Waals surface area contributed by atoms with Gasteiger partial charge in [-0.2, -0.15) is 0 Å². The van der Waals surface area contributed by atoms with E-state index in [1.54, 1.807) is 0 Å².